The summed E-state index contributed by atoms with van der Waals surface area (Å²) in [5, 5.41) is 9.22. The van der Waals surface area contributed by atoms with Gasteiger partial charge in [-0.25, -0.2) is 0 Å². The van der Waals surface area contributed by atoms with Crippen molar-refractivity contribution < 1.29 is 19.4 Å². The second kappa shape index (κ2) is 12.1. The third kappa shape index (κ3) is 8.89. The fraction of sp³-hybridized carbons (Fsp3) is 0.692. The Kier molecular flexibility index (Phi) is 10.6. The molecule has 0 radical (unpaired) electrons. The molecule has 1 rings (SSSR count). The summed E-state index contributed by atoms with van der Waals surface area (Å²) in [5.41, 5.74) is 4.69. The molecule has 0 amide bonds. The maximum atomic E-state index is 11.2. The van der Waals surface area contributed by atoms with Gasteiger partial charge in [-0.15, -0.1) is 0 Å². The van der Waals surface area contributed by atoms with Crippen molar-refractivity contribution in [3.8, 4) is 0 Å². The molecule has 0 aromatic heterocycles. The number of benzene rings is 1. The van der Waals surface area contributed by atoms with Gasteiger partial charge in [0.1, 0.15) is 5.60 Å². The largest absolute Gasteiger partial charge is 0.481 e. The van der Waals surface area contributed by atoms with Crippen molar-refractivity contribution in [2.24, 2.45) is 5.41 Å². The van der Waals surface area contributed by atoms with Gasteiger partial charge in [0.15, 0.2) is 0 Å². The monoisotopic (exact) mass is 418 g/mol. The van der Waals surface area contributed by atoms with Crippen LogP contribution in [0.25, 0.3) is 0 Å². The van der Waals surface area contributed by atoms with E-state index < -0.39 is 11.4 Å². The number of unbranched alkanes of at least 4 members (excludes halogenated alkanes) is 4. The van der Waals surface area contributed by atoms with Crippen molar-refractivity contribution >= 4 is 12.4 Å². The van der Waals surface area contributed by atoms with E-state index in [0.29, 0.717) is 6.47 Å². The van der Waals surface area contributed by atoms with Gasteiger partial charge < -0.3 is 9.84 Å². The third-order valence-corrected chi connectivity index (χ3v) is 6.34. The van der Waals surface area contributed by atoms with Crippen LogP contribution in [0.1, 0.15) is 101 Å². The first kappa shape index (κ1) is 26.2. The zero-order chi connectivity index (χ0) is 22.8. The van der Waals surface area contributed by atoms with E-state index in [-0.39, 0.29) is 5.60 Å². The Bertz CT molecular complexity index is 689. The highest BCUT2D eigenvalue weighted by atomic mass is 16.5. The second-order valence-electron chi connectivity index (χ2n) is 9.93. The summed E-state index contributed by atoms with van der Waals surface area (Å²) in [5.74, 6) is -0.707. The number of aryl methyl sites for hydroxylation is 2. The van der Waals surface area contributed by atoms with Gasteiger partial charge in [-0.2, -0.15) is 0 Å². The van der Waals surface area contributed by atoms with E-state index in [1.165, 1.54) is 22.3 Å². The van der Waals surface area contributed by atoms with Crippen molar-refractivity contribution in [3.05, 3.63) is 34.4 Å². The highest BCUT2D eigenvalue weighted by molar-refractivity contribution is 5.73. The van der Waals surface area contributed by atoms with E-state index in [4.69, 9.17) is 4.74 Å². The molecule has 0 aliphatic heterocycles. The van der Waals surface area contributed by atoms with Crippen molar-refractivity contribution in [2.75, 3.05) is 0 Å². The summed E-state index contributed by atoms with van der Waals surface area (Å²) in [6.07, 6.45) is 10.2. The van der Waals surface area contributed by atoms with Gasteiger partial charge in [0.2, 0.25) is 0 Å². The number of carbonyl (C=O) groups is 2. The van der Waals surface area contributed by atoms with E-state index in [1.807, 2.05) is 27.7 Å². The average molecular weight is 419 g/mol. The van der Waals surface area contributed by atoms with E-state index in [0.717, 1.165) is 64.2 Å². The smallest absolute Gasteiger partial charge is 0.309 e. The molecule has 30 heavy (non-hydrogen) atoms. The Morgan fingerprint density at radius 2 is 1.53 bits per heavy atom. The summed E-state index contributed by atoms with van der Waals surface area (Å²) < 4.78 is 5.12. The molecule has 1 aromatic carbocycles. The molecular weight excluding hydrogens is 376 g/mol. The number of ether oxygens (including phenoxy) is 1. The van der Waals surface area contributed by atoms with Crippen LogP contribution in [0, 0.1) is 19.3 Å². The van der Waals surface area contributed by atoms with Gasteiger partial charge in [-0.05, 0) is 109 Å². The van der Waals surface area contributed by atoms with E-state index in [1.54, 1.807) is 0 Å². The molecule has 1 N–H and O–H groups in total. The fourth-order valence-corrected chi connectivity index (χ4v) is 3.98. The standard InChI is InChI=1S/C26H42O4/c1-20-15-16-22(13-9-7-11-17-25(3,4)24(28)29)21(2)23(20)14-10-8-12-18-26(5,6)30-19-27/h15-16,19H,7-14,17-18H2,1-6H3,(H,28,29). The minimum atomic E-state index is -0.707. The lowest BCUT2D eigenvalue weighted by Crippen LogP contribution is -2.23. The Morgan fingerprint density at radius 1 is 0.933 bits per heavy atom. The summed E-state index contributed by atoms with van der Waals surface area (Å²) in [6, 6.07) is 4.50. The summed E-state index contributed by atoms with van der Waals surface area (Å²) >= 11 is 0. The first-order valence-electron chi connectivity index (χ1n) is 11.4. The van der Waals surface area contributed by atoms with Gasteiger partial charge >= 0.3 is 5.97 Å². The number of carbonyl (C=O) groups excluding carboxylic acids is 1. The molecule has 0 fully saturated rings. The van der Waals surface area contributed by atoms with Crippen molar-refractivity contribution in [1.29, 1.82) is 0 Å². The lowest BCUT2D eigenvalue weighted by Gasteiger charge is -2.22. The first-order valence-corrected chi connectivity index (χ1v) is 11.4. The molecule has 0 aliphatic rings. The number of carboxylic acid groups (broad SMARTS) is 1. The quantitative estimate of drug-likeness (QED) is 0.258. The summed E-state index contributed by atoms with van der Waals surface area (Å²) in [7, 11) is 0. The molecule has 0 saturated heterocycles. The van der Waals surface area contributed by atoms with Gasteiger partial charge in [-0.1, -0.05) is 31.4 Å². The van der Waals surface area contributed by atoms with E-state index in [9.17, 15) is 14.7 Å². The number of aliphatic carboxylic acids is 1. The highest BCUT2D eigenvalue weighted by Crippen LogP contribution is 2.26. The fourth-order valence-electron chi connectivity index (χ4n) is 3.98. The molecule has 4 heteroatoms. The minimum Gasteiger partial charge on any atom is -0.481 e. The maximum absolute atomic E-state index is 11.2. The van der Waals surface area contributed by atoms with Crippen LogP contribution < -0.4 is 0 Å². The van der Waals surface area contributed by atoms with Crippen LogP contribution in [0.4, 0.5) is 0 Å². The second-order valence-corrected chi connectivity index (χ2v) is 9.93. The number of carboxylic acids is 1. The average Bonchev–Trinajstić information content (AvgIpc) is 2.64. The van der Waals surface area contributed by atoms with E-state index >= 15 is 0 Å². The van der Waals surface area contributed by atoms with Gasteiger partial charge in [-0.3, -0.25) is 9.59 Å². The highest BCUT2D eigenvalue weighted by Gasteiger charge is 2.26. The molecule has 0 saturated carbocycles. The minimum absolute atomic E-state index is 0.368. The predicted octanol–water partition coefficient (Wildman–Crippen LogP) is 6.57. The van der Waals surface area contributed by atoms with Crippen molar-refractivity contribution in [3.63, 3.8) is 0 Å². The van der Waals surface area contributed by atoms with Crippen LogP contribution in [0.2, 0.25) is 0 Å². The molecular formula is C26H42O4. The van der Waals surface area contributed by atoms with Crippen LogP contribution in [0.3, 0.4) is 0 Å². The summed E-state index contributed by atoms with van der Waals surface area (Å²) in [6.45, 7) is 12.5. The molecule has 0 aliphatic carbocycles. The predicted molar refractivity (Wildman–Crippen MR) is 123 cm³/mol. The lowest BCUT2D eigenvalue weighted by molar-refractivity contribution is -0.147. The van der Waals surface area contributed by atoms with Gasteiger partial charge in [0.25, 0.3) is 6.47 Å². The molecule has 0 bridgehead atoms. The van der Waals surface area contributed by atoms with Gasteiger partial charge in [0, 0.05) is 0 Å². The van der Waals surface area contributed by atoms with Crippen LogP contribution in [-0.4, -0.2) is 23.1 Å². The topological polar surface area (TPSA) is 63.6 Å². The lowest BCUT2D eigenvalue weighted by atomic mass is 9.86. The molecule has 0 spiro atoms. The number of rotatable bonds is 15. The maximum Gasteiger partial charge on any atom is 0.309 e. The Morgan fingerprint density at radius 3 is 2.13 bits per heavy atom. The zero-order valence-electron chi connectivity index (χ0n) is 20.0. The normalized spacial score (nSPS) is 12.1. The van der Waals surface area contributed by atoms with Crippen molar-refractivity contribution in [1.82, 2.24) is 0 Å². The first-order chi connectivity index (χ1) is 14.0. The molecule has 170 valence electrons. The van der Waals surface area contributed by atoms with Crippen LogP contribution in [-0.2, 0) is 27.2 Å². The molecule has 0 unspecified atom stereocenters. The summed E-state index contributed by atoms with van der Waals surface area (Å²) in [4.78, 5) is 21.7. The van der Waals surface area contributed by atoms with E-state index in [2.05, 4.69) is 26.0 Å². The Hall–Kier alpha value is -1.84. The Balaban J connectivity index is 2.47. The molecule has 4 nitrogen and oxygen atoms in total. The number of hydrogen-bond acceptors (Lipinski definition) is 3. The zero-order valence-corrected chi connectivity index (χ0v) is 20.0. The van der Waals surface area contributed by atoms with Gasteiger partial charge in [0.05, 0.1) is 5.41 Å². The third-order valence-electron chi connectivity index (χ3n) is 6.34. The van der Waals surface area contributed by atoms with Crippen LogP contribution in [0.5, 0.6) is 0 Å². The van der Waals surface area contributed by atoms with Crippen molar-refractivity contribution in [2.45, 2.75) is 111 Å². The SMILES string of the molecule is Cc1ccc(CCCCCC(C)(C)C(=O)O)c(C)c1CCCCCC(C)(C)OC=O. The molecule has 1 aromatic rings. The van der Waals surface area contributed by atoms with Crippen LogP contribution in [0.15, 0.2) is 12.1 Å². The molecule has 0 atom stereocenters. The number of hydrogen-bond donors (Lipinski definition) is 1. The molecule has 0 heterocycles. The Labute approximate surface area is 183 Å². The van der Waals surface area contributed by atoms with Crippen LogP contribution >= 0.6 is 0 Å².